The first-order valence-corrected chi connectivity index (χ1v) is 6.17. The van der Waals surface area contributed by atoms with Crippen LogP contribution in [0.5, 0.6) is 5.75 Å². The molecule has 3 nitrogen and oxygen atoms in total. The topological polar surface area (TPSA) is 35.5 Å². The van der Waals surface area contributed by atoms with Gasteiger partial charge in [0.2, 0.25) is 0 Å². The molecule has 0 aliphatic rings. The van der Waals surface area contributed by atoms with Gasteiger partial charge in [-0.3, -0.25) is 0 Å². The summed E-state index contributed by atoms with van der Waals surface area (Å²) in [6.45, 7) is 4.75. The van der Waals surface area contributed by atoms with Gasteiger partial charge in [0.25, 0.3) is 0 Å². The van der Waals surface area contributed by atoms with Crippen LogP contribution in [0, 0.1) is 0 Å². The van der Waals surface area contributed by atoms with E-state index in [1.54, 1.807) is 0 Å². The fourth-order valence-corrected chi connectivity index (χ4v) is 1.47. The number of carbonyl (C=O) groups excluding carboxylic acids is 1. The Morgan fingerprint density at radius 2 is 1.94 bits per heavy atom. The van der Waals surface area contributed by atoms with Crippen molar-refractivity contribution in [3.63, 3.8) is 0 Å². The van der Waals surface area contributed by atoms with Gasteiger partial charge in [-0.2, -0.15) is 0 Å². The molecule has 1 rings (SSSR count). The third kappa shape index (κ3) is 4.62. The molecule has 0 aromatic heterocycles. The van der Waals surface area contributed by atoms with Gasteiger partial charge < -0.3 is 9.47 Å². The van der Waals surface area contributed by atoms with Gasteiger partial charge in [0.1, 0.15) is 5.75 Å². The van der Waals surface area contributed by atoms with Crippen molar-refractivity contribution in [1.82, 2.24) is 0 Å². The van der Waals surface area contributed by atoms with Crippen molar-refractivity contribution in [2.24, 2.45) is 0 Å². The number of unbranched alkanes of at least 4 members (excludes halogenated alkanes) is 1. The van der Waals surface area contributed by atoms with E-state index in [2.05, 4.69) is 11.7 Å². The molecule has 0 atom stereocenters. The molecule has 0 saturated carbocycles. The predicted molar refractivity (Wildman–Crippen MR) is 72.5 cm³/mol. The summed E-state index contributed by atoms with van der Waals surface area (Å²) >= 11 is 0. The zero-order chi connectivity index (χ0) is 13.4. The van der Waals surface area contributed by atoms with Gasteiger partial charge in [-0.15, -0.1) is 0 Å². The number of hydrogen-bond acceptors (Lipinski definition) is 3. The van der Waals surface area contributed by atoms with E-state index in [0.717, 1.165) is 36.3 Å². The Bertz CT molecular complexity index is 404. The highest BCUT2D eigenvalue weighted by molar-refractivity contribution is 5.90. The highest BCUT2D eigenvalue weighted by Gasteiger charge is 2.00. The lowest BCUT2D eigenvalue weighted by atomic mass is 10.1. The van der Waals surface area contributed by atoms with Crippen molar-refractivity contribution in [1.29, 1.82) is 0 Å². The molecule has 0 aliphatic carbocycles. The third-order valence-corrected chi connectivity index (χ3v) is 2.61. The molecule has 0 spiro atoms. The molecule has 0 amide bonds. The maximum absolute atomic E-state index is 11.1. The molecular weight excluding hydrogens is 228 g/mol. The molecule has 0 saturated heterocycles. The zero-order valence-electron chi connectivity index (χ0n) is 11.2. The van der Waals surface area contributed by atoms with Crippen molar-refractivity contribution < 1.29 is 14.3 Å². The minimum atomic E-state index is -0.337. The Morgan fingerprint density at radius 1 is 1.28 bits per heavy atom. The molecule has 0 radical (unpaired) electrons. The summed E-state index contributed by atoms with van der Waals surface area (Å²) < 4.78 is 10.2. The van der Waals surface area contributed by atoms with Crippen molar-refractivity contribution in [3.05, 3.63) is 35.9 Å². The van der Waals surface area contributed by atoms with Crippen molar-refractivity contribution >= 4 is 11.5 Å². The van der Waals surface area contributed by atoms with Crippen LogP contribution in [0.3, 0.4) is 0 Å². The van der Waals surface area contributed by atoms with Crippen LogP contribution in [0.2, 0.25) is 0 Å². The smallest absolute Gasteiger partial charge is 0.330 e. The van der Waals surface area contributed by atoms with E-state index in [1.807, 2.05) is 31.2 Å². The number of ether oxygens (including phenoxy) is 2. The lowest BCUT2D eigenvalue weighted by molar-refractivity contribution is -0.134. The summed E-state index contributed by atoms with van der Waals surface area (Å²) in [4.78, 5) is 11.1. The van der Waals surface area contributed by atoms with E-state index >= 15 is 0 Å². The van der Waals surface area contributed by atoms with Crippen molar-refractivity contribution in [2.45, 2.75) is 26.7 Å². The summed E-state index contributed by atoms with van der Waals surface area (Å²) in [5, 5.41) is 0. The normalized spacial score (nSPS) is 11.2. The minimum absolute atomic E-state index is 0.337. The molecule has 0 unspecified atom stereocenters. The first-order chi connectivity index (χ1) is 8.67. The monoisotopic (exact) mass is 248 g/mol. The largest absolute Gasteiger partial charge is 0.494 e. The molecule has 0 heterocycles. The predicted octanol–water partition coefficient (Wildman–Crippen LogP) is 3.44. The van der Waals surface area contributed by atoms with Gasteiger partial charge in [0, 0.05) is 6.08 Å². The van der Waals surface area contributed by atoms with Gasteiger partial charge in [0.05, 0.1) is 13.7 Å². The number of methoxy groups -OCH3 is 1. The number of allylic oxidation sites excluding steroid dienone is 1. The number of rotatable bonds is 6. The zero-order valence-corrected chi connectivity index (χ0v) is 11.2. The standard InChI is InChI=1S/C15H20O3/c1-4-5-10-18-14-8-6-13(7-9-14)12(2)11-15(16)17-3/h6-9,11H,4-5,10H2,1-3H3. The molecule has 98 valence electrons. The summed E-state index contributed by atoms with van der Waals surface area (Å²) in [5.41, 5.74) is 1.87. The number of benzene rings is 1. The average Bonchev–Trinajstić information content (AvgIpc) is 2.39. The lowest BCUT2D eigenvalue weighted by Gasteiger charge is -2.06. The number of esters is 1. The highest BCUT2D eigenvalue weighted by Crippen LogP contribution is 2.18. The first kappa shape index (κ1) is 14.3. The van der Waals surface area contributed by atoms with Crippen LogP contribution in [-0.4, -0.2) is 19.7 Å². The van der Waals surface area contributed by atoms with Crippen molar-refractivity contribution in [3.8, 4) is 5.75 Å². The van der Waals surface area contributed by atoms with E-state index in [-0.39, 0.29) is 5.97 Å². The molecule has 0 aliphatic heterocycles. The Labute approximate surface area is 108 Å². The Hall–Kier alpha value is -1.77. The molecule has 1 aromatic rings. The molecule has 0 fully saturated rings. The summed E-state index contributed by atoms with van der Waals surface area (Å²) in [6.07, 6.45) is 3.66. The van der Waals surface area contributed by atoms with Gasteiger partial charge >= 0.3 is 5.97 Å². The second-order valence-corrected chi connectivity index (χ2v) is 4.08. The van der Waals surface area contributed by atoms with Crippen LogP contribution in [0.4, 0.5) is 0 Å². The molecule has 18 heavy (non-hydrogen) atoms. The molecule has 0 N–H and O–H groups in total. The average molecular weight is 248 g/mol. The van der Waals surface area contributed by atoms with E-state index in [0.29, 0.717) is 0 Å². The molecule has 1 aromatic carbocycles. The van der Waals surface area contributed by atoms with Gasteiger partial charge in [-0.05, 0) is 36.6 Å². The lowest BCUT2D eigenvalue weighted by Crippen LogP contribution is -1.97. The third-order valence-electron chi connectivity index (χ3n) is 2.61. The van der Waals surface area contributed by atoms with Gasteiger partial charge in [-0.25, -0.2) is 4.79 Å². The van der Waals surface area contributed by atoms with Crippen LogP contribution < -0.4 is 4.74 Å². The van der Waals surface area contributed by atoms with Crippen LogP contribution in [-0.2, 0) is 9.53 Å². The second-order valence-electron chi connectivity index (χ2n) is 4.08. The van der Waals surface area contributed by atoms with Gasteiger partial charge in [-0.1, -0.05) is 25.5 Å². The first-order valence-electron chi connectivity index (χ1n) is 6.17. The van der Waals surface area contributed by atoms with E-state index in [1.165, 1.54) is 13.2 Å². The van der Waals surface area contributed by atoms with Crippen LogP contribution in [0.15, 0.2) is 30.3 Å². The summed E-state index contributed by atoms with van der Waals surface area (Å²) in [7, 11) is 1.37. The summed E-state index contributed by atoms with van der Waals surface area (Å²) in [6, 6.07) is 7.71. The maximum atomic E-state index is 11.1. The SMILES string of the molecule is CCCCOc1ccc(C(C)=CC(=O)OC)cc1. The molecular formula is C15H20O3. The van der Waals surface area contributed by atoms with Gasteiger partial charge in [0.15, 0.2) is 0 Å². The van der Waals surface area contributed by atoms with Crippen LogP contribution in [0.25, 0.3) is 5.57 Å². The fraction of sp³-hybridized carbons (Fsp3) is 0.400. The fourth-order valence-electron chi connectivity index (χ4n) is 1.47. The Balaban J connectivity index is 2.64. The Kier molecular flexibility index (Phi) is 5.98. The van der Waals surface area contributed by atoms with E-state index < -0.39 is 0 Å². The summed E-state index contributed by atoms with van der Waals surface area (Å²) in [5.74, 6) is 0.522. The van der Waals surface area contributed by atoms with Crippen molar-refractivity contribution in [2.75, 3.05) is 13.7 Å². The Morgan fingerprint density at radius 3 is 2.50 bits per heavy atom. The van der Waals surface area contributed by atoms with E-state index in [4.69, 9.17) is 4.74 Å². The molecule has 3 heteroatoms. The highest BCUT2D eigenvalue weighted by atomic mass is 16.5. The van der Waals surface area contributed by atoms with Crippen LogP contribution >= 0.6 is 0 Å². The number of carbonyl (C=O) groups is 1. The minimum Gasteiger partial charge on any atom is -0.494 e. The van der Waals surface area contributed by atoms with E-state index in [9.17, 15) is 4.79 Å². The molecule has 0 bridgehead atoms. The second kappa shape index (κ2) is 7.54. The number of hydrogen-bond donors (Lipinski definition) is 0. The maximum Gasteiger partial charge on any atom is 0.330 e. The van der Waals surface area contributed by atoms with Crippen LogP contribution in [0.1, 0.15) is 32.3 Å². The quantitative estimate of drug-likeness (QED) is 0.439.